The van der Waals surface area contributed by atoms with Gasteiger partial charge in [0.05, 0.1) is 0 Å². The number of nitrogens with zero attached hydrogens (tertiary/aromatic N) is 3. The van der Waals surface area contributed by atoms with Crippen LogP contribution in [0.5, 0.6) is 5.75 Å². The summed E-state index contributed by atoms with van der Waals surface area (Å²) in [4.78, 5) is 0. The minimum Gasteiger partial charge on any atom is -0.486 e. The number of rotatable bonds is 7. The Kier molecular flexibility index (Phi) is 5.12. The molecule has 0 saturated heterocycles. The molecule has 0 fully saturated rings. The second-order valence-electron chi connectivity index (χ2n) is 4.89. The number of hydrogen-bond donors (Lipinski definition) is 1. The molecule has 1 aromatic heterocycles. The lowest BCUT2D eigenvalue weighted by Crippen LogP contribution is -2.19. The third kappa shape index (κ3) is 3.81. The van der Waals surface area contributed by atoms with Crippen LogP contribution in [0.1, 0.15) is 37.7 Å². The van der Waals surface area contributed by atoms with Gasteiger partial charge in [0.15, 0.2) is 5.82 Å². The van der Waals surface area contributed by atoms with Gasteiger partial charge in [0.1, 0.15) is 18.7 Å². The molecular weight excluding hydrogens is 252 g/mol. The largest absolute Gasteiger partial charge is 0.486 e. The van der Waals surface area contributed by atoms with Crippen molar-refractivity contribution in [2.24, 2.45) is 7.05 Å². The molecule has 2 aromatic rings. The molecule has 0 bridgehead atoms. The maximum Gasteiger partial charge on any atom is 0.170 e. The van der Waals surface area contributed by atoms with Gasteiger partial charge in [0.2, 0.25) is 0 Å². The summed E-state index contributed by atoms with van der Waals surface area (Å²) in [6.07, 6.45) is 2.81. The second-order valence-corrected chi connectivity index (χ2v) is 4.89. The number of aromatic nitrogens is 3. The molecule has 20 heavy (non-hydrogen) atoms. The second kappa shape index (κ2) is 7.05. The van der Waals surface area contributed by atoms with E-state index in [0.29, 0.717) is 12.6 Å². The summed E-state index contributed by atoms with van der Waals surface area (Å²) in [5, 5.41) is 11.3. The van der Waals surface area contributed by atoms with Crippen molar-refractivity contribution < 1.29 is 4.74 Å². The third-order valence-corrected chi connectivity index (χ3v) is 3.25. The van der Waals surface area contributed by atoms with Crippen molar-refractivity contribution in [2.45, 2.75) is 32.9 Å². The first kappa shape index (κ1) is 14.5. The monoisotopic (exact) mass is 274 g/mol. The number of aryl methyl sites for hydroxylation is 1. The molecule has 1 unspecified atom stereocenters. The molecule has 5 heteroatoms. The van der Waals surface area contributed by atoms with Crippen LogP contribution in [0, 0.1) is 0 Å². The fraction of sp³-hybridized carbons (Fsp3) is 0.467. The van der Waals surface area contributed by atoms with E-state index >= 15 is 0 Å². The van der Waals surface area contributed by atoms with Crippen molar-refractivity contribution in [2.75, 3.05) is 6.54 Å². The van der Waals surface area contributed by atoms with Crippen molar-refractivity contribution in [3.63, 3.8) is 0 Å². The number of nitrogens with one attached hydrogen (secondary N) is 1. The molecule has 2 rings (SSSR count). The van der Waals surface area contributed by atoms with E-state index in [1.165, 1.54) is 5.56 Å². The predicted molar refractivity (Wildman–Crippen MR) is 78.5 cm³/mol. The lowest BCUT2D eigenvalue weighted by Gasteiger charge is -2.14. The molecule has 1 heterocycles. The van der Waals surface area contributed by atoms with Gasteiger partial charge in [-0.25, -0.2) is 0 Å². The highest BCUT2D eigenvalue weighted by atomic mass is 16.5. The average molecular weight is 274 g/mol. The van der Waals surface area contributed by atoms with Crippen molar-refractivity contribution in [3.8, 4) is 5.75 Å². The fourth-order valence-electron chi connectivity index (χ4n) is 1.92. The molecule has 5 nitrogen and oxygen atoms in total. The molecule has 1 aromatic carbocycles. The normalized spacial score (nSPS) is 12.3. The fourth-order valence-corrected chi connectivity index (χ4v) is 1.92. The van der Waals surface area contributed by atoms with E-state index in [-0.39, 0.29) is 0 Å². The Morgan fingerprint density at radius 2 is 2.05 bits per heavy atom. The molecule has 0 saturated carbocycles. The molecule has 0 amide bonds. The van der Waals surface area contributed by atoms with Crippen molar-refractivity contribution >= 4 is 0 Å². The lowest BCUT2D eigenvalue weighted by molar-refractivity contribution is 0.291. The Hall–Kier alpha value is -1.88. The van der Waals surface area contributed by atoms with Gasteiger partial charge in [-0.2, -0.15) is 0 Å². The predicted octanol–water partition coefficient (Wildman–Crippen LogP) is 2.45. The van der Waals surface area contributed by atoms with Gasteiger partial charge in [0, 0.05) is 13.1 Å². The third-order valence-electron chi connectivity index (χ3n) is 3.25. The van der Waals surface area contributed by atoms with E-state index in [2.05, 4.69) is 41.5 Å². The molecule has 0 aliphatic rings. The summed E-state index contributed by atoms with van der Waals surface area (Å²) < 4.78 is 7.56. The summed E-state index contributed by atoms with van der Waals surface area (Å²) >= 11 is 0. The first-order chi connectivity index (χ1) is 9.70. The van der Waals surface area contributed by atoms with Crippen LogP contribution in [-0.4, -0.2) is 21.3 Å². The van der Waals surface area contributed by atoms with Crippen LogP contribution in [0.2, 0.25) is 0 Å². The van der Waals surface area contributed by atoms with Gasteiger partial charge in [0.25, 0.3) is 0 Å². The Morgan fingerprint density at radius 3 is 2.65 bits per heavy atom. The Balaban J connectivity index is 1.89. The average Bonchev–Trinajstić information content (AvgIpc) is 2.88. The first-order valence-electron chi connectivity index (χ1n) is 6.99. The van der Waals surface area contributed by atoms with E-state index in [0.717, 1.165) is 24.5 Å². The van der Waals surface area contributed by atoms with Crippen LogP contribution in [0.4, 0.5) is 0 Å². The van der Waals surface area contributed by atoms with Gasteiger partial charge < -0.3 is 14.6 Å². The highest BCUT2D eigenvalue weighted by Crippen LogP contribution is 2.18. The van der Waals surface area contributed by atoms with Crippen LogP contribution in [0.3, 0.4) is 0 Å². The summed E-state index contributed by atoms with van der Waals surface area (Å²) in [6.45, 7) is 5.80. The highest BCUT2D eigenvalue weighted by Gasteiger charge is 2.05. The van der Waals surface area contributed by atoms with E-state index in [4.69, 9.17) is 4.74 Å². The zero-order chi connectivity index (χ0) is 14.4. The summed E-state index contributed by atoms with van der Waals surface area (Å²) in [7, 11) is 1.91. The molecule has 0 aliphatic heterocycles. The summed E-state index contributed by atoms with van der Waals surface area (Å²) in [5.41, 5.74) is 1.27. The van der Waals surface area contributed by atoms with E-state index < -0.39 is 0 Å². The number of ether oxygens (including phenoxy) is 1. The molecule has 0 aliphatic carbocycles. The van der Waals surface area contributed by atoms with Crippen LogP contribution >= 0.6 is 0 Å². The topological polar surface area (TPSA) is 52.0 Å². The highest BCUT2D eigenvalue weighted by molar-refractivity contribution is 5.29. The van der Waals surface area contributed by atoms with Crippen LogP contribution in [0.15, 0.2) is 30.6 Å². The van der Waals surface area contributed by atoms with E-state index in [1.807, 2.05) is 23.7 Å². The van der Waals surface area contributed by atoms with Crippen LogP contribution in [-0.2, 0) is 13.7 Å². The van der Waals surface area contributed by atoms with Crippen LogP contribution < -0.4 is 10.1 Å². The Morgan fingerprint density at radius 1 is 1.30 bits per heavy atom. The van der Waals surface area contributed by atoms with E-state index in [9.17, 15) is 0 Å². The summed E-state index contributed by atoms with van der Waals surface area (Å²) in [5.74, 6) is 1.66. The quantitative estimate of drug-likeness (QED) is 0.842. The summed E-state index contributed by atoms with van der Waals surface area (Å²) in [6, 6.07) is 8.55. The van der Waals surface area contributed by atoms with Gasteiger partial charge in [-0.3, -0.25) is 0 Å². The molecule has 1 atom stereocenters. The molecule has 0 spiro atoms. The standard InChI is InChI=1S/C15H22N4O/c1-4-9-16-12(2)13-5-7-14(8-6-13)20-10-15-18-17-11-19(15)3/h5-8,11-12,16H,4,9-10H2,1-3H3. The zero-order valence-corrected chi connectivity index (χ0v) is 12.3. The maximum atomic E-state index is 5.70. The number of benzene rings is 1. The Bertz CT molecular complexity index is 521. The first-order valence-corrected chi connectivity index (χ1v) is 6.99. The van der Waals surface area contributed by atoms with Gasteiger partial charge >= 0.3 is 0 Å². The Labute approximate surface area is 120 Å². The van der Waals surface area contributed by atoms with Crippen molar-refractivity contribution in [1.29, 1.82) is 0 Å². The molecular formula is C15H22N4O. The minimum atomic E-state index is 0.364. The molecule has 1 N–H and O–H groups in total. The van der Waals surface area contributed by atoms with Gasteiger partial charge in [-0.05, 0) is 37.6 Å². The zero-order valence-electron chi connectivity index (χ0n) is 12.3. The van der Waals surface area contributed by atoms with Gasteiger partial charge in [-0.1, -0.05) is 19.1 Å². The maximum absolute atomic E-state index is 5.70. The number of hydrogen-bond acceptors (Lipinski definition) is 4. The van der Waals surface area contributed by atoms with Crippen molar-refractivity contribution in [3.05, 3.63) is 42.0 Å². The van der Waals surface area contributed by atoms with E-state index in [1.54, 1.807) is 6.33 Å². The SMILES string of the molecule is CCCNC(C)c1ccc(OCc2nncn2C)cc1. The minimum absolute atomic E-state index is 0.364. The molecule has 0 radical (unpaired) electrons. The van der Waals surface area contributed by atoms with Gasteiger partial charge in [-0.15, -0.1) is 10.2 Å². The molecule has 108 valence electrons. The van der Waals surface area contributed by atoms with Crippen LogP contribution in [0.25, 0.3) is 0 Å². The smallest absolute Gasteiger partial charge is 0.170 e. The van der Waals surface area contributed by atoms with Crippen molar-refractivity contribution in [1.82, 2.24) is 20.1 Å². The lowest BCUT2D eigenvalue weighted by atomic mass is 10.1.